The Morgan fingerprint density at radius 3 is 1.02 bits per heavy atom. The molecule has 0 bridgehead atoms. The van der Waals surface area contributed by atoms with Gasteiger partial charge in [0.25, 0.3) is 0 Å². The summed E-state index contributed by atoms with van der Waals surface area (Å²) in [6, 6.07) is 7.42. The van der Waals surface area contributed by atoms with Crippen LogP contribution in [0.25, 0.3) is 0 Å². The SMILES string of the molecule is CO.CO.COc1cc(C)cc(CN(C)CCN(C)CCN(C)Cc2cc(C)cc(OC)c2[O-])c1[O-].O=[N+]([O-])[O-].O=[N+]([O-])[O-].O=[N+]([O-])[O-].[Eu+3].[Ni+2].[OH3+]. The van der Waals surface area contributed by atoms with Gasteiger partial charge in [-0.15, -0.1) is 0 Å². The van der Waals surface area contributed by atoms with Gasteiger partial charge in [-0.25, -0.2) is 0 Å². The third kappa shape index (κ3) is 36.7. The van der Waals surface area contributed by atoms with Crippen molar-refractivity contribution in [2.45, 2.75) is 26.9 Å². The van der Waals surface area contributed by atoms with E-state index in [2.05, 4.69) is 21.7 Å². The van der Waals surface area contributed by atoms with Crippen LogP contribution in [0.5, 0.6) is 23.0 Å². The van der Waals surface area contributed by atoms with Crippen molar-refractivity contribution in [3.8, 4) is 23.0 Å². The number of nitrogens with zero attached hydrogens (tertiary/aromatic N) is 6. The van der Waals surface area contributed by atoms with Gasteiger partial charge in [0.15, 0.2) is 0 Å². The standard InChI is InChI=1S/C25H39N3O4.2CH4O.Eu.3NO3.Ni.H2O/c1-18-12-20(24(29)22(14-18)31-6)16-27(4)10-8-26(3)9-11-28(5)17-21-13-19(2)15-23(32-7)25(21)30;2*1-2;;3*2-1(3)4;;/h12-15,29-30H,8-11,16-17H2,1-7H3;2*2H,1H3;;;;;;1H2/q;;;+3;3*-1;+2;/p-1. The molecule has 0 aliphatic carbocycles. The maximum Gasteiger partial charge on any atom is 3.00 e. The minimum absolute atomic E-state index is 0. The summed E-state index contributed by atoms with van der Waals surface area (Å²) in [5.41, 5.74) is 3.57. The Balaban J connectivity index is -0.000000173. The van der Waals surface area contributed by atoms with Crippen LogP contribution < -0.4 is 19.7 Å². The molecule has 51 heavy (non-hydrogen) atoms. The fourth-order valence-electron chi connectivity index (χ4n) is 3.70. The topological polar surface area (TPSA) is 346 Å². The Hall–Kier alpha value is -2.92. The van der Waals surface area contributed by atoms with Crippen LogP contribution >= 0.6 is 0 Å². The molecule has 0 aliphatic heterocycles. The molecule has 0 amide bonds. The Labute approximate surface area is 346 Å². The van der Waals surface area contributed by atoms with Gasteiger partial charge in [-0.1, -0.05) is 23.6 Å². The van der Waals surface area contributed by atoms with Crippen molar-refractivity contribution in [2.24, 2.45) is 0 Å². The van der Waals surface area contributed by atoms with Crippen molar-refractivity contribution in [1.82, 2.24) is 14.7 Å². The van der Waals surface area contributed by atoms with Crippen LogP contribution in [-0.2, 0) is 35.1 Å². The van der Waals surface area contributed by atoms with Gasteiger partial charge in [-0.05, 0) is 69.4 Å². The van der Waals surface area contributed by atoms with Crippen LogP contribution in [0.4, 0.5) is 0 Å². The van der Waals surface area contributed by atoms with Crippen LogP contribution in [0.3, 0.4) is 0 Å². The van der Waals surface area contributed by atoms with Gasteiger partial charge in [-0.2, -0.15) is 0 Å². The minimum Gasteiger partial charge on any atom is -0.870 e. The number of benzene rings is 2. The molecule has 0 unspecified atom stereocenters. The van der Waals surface area contributed by atoms with Crippen LogP contribution in [0.15, 0.2) is 24.3 Å². The second-order valence-corrected chi connectivity index (χ2v) is 9.36. The van der Waals surface area contributed by atoms with E-state index >= 15 is 0 Å². The molecule has 0 aliphatic rings. The van der Waals surface area contributed by atoms with E-state index in [1.54, 1.807) is 12.1 Å². The zero-order valence-electron chi connectivity index (χ0n) is 29.7. The number of hydrogen-bond donors (Lipinski definition) is 2. The average Bonchev–Trinajstić information content (AvgIpc) is 2.99. The number of aliphatic hydroxyl groups excluding tert-OH is 2. The normalized spacial score (nSPS) is 8.90. The molecule has 298 valence electrons. The van der Waals surface area contributed by atoms with Gasteiger partial charge < -0.3 is 96.0 Å². The molecule has 2 aromatic rings. The molecule has 0 saturated carbocycles. The third-order valence-corrected chi connectivity index (χ3v) is 5.60. The van der Waals surface area contributed by atoms with Gasteiger partial charge in [-0.3, -0.25) is 0 Å². The second kappa shape index (κ2) is 38.3. The van der Waals surface area contributed by atoms with E-state index in [1.807, 2.05) is 40.1 Å². The van der Waals surface area contributed by atoms with Gasteiger partial charge in [0, 0.05) is 53.5 Å². The first-order valence-corrected chi connectivity index (χ1v) is 13.4. The fraction of sp³-hybridized carbons (Fsp3) is 0.556. The van der Waals surface area contributed by atoms with E-state index in [0.717, 1.165) is 62.7 Å². The summed E-state index contributed by atoms with van der Waals surface area (Å²) in [5, 5.41) is 83.1. The molecule has 2 rings (SSSR count). The number of aryl methyl sites for hydroxylation is 2. The summed E-state index contributed by atoms with van der Waals surface area (Å²) in [7, 11) is 11.2. The smallest absolute Gasteiger partial charge is 0.870 e. The first-order valence-electron chi connectivity index (χ1n) is 13.4. The van der Waals surface area contributed by atoms with E-state index < -0.39 is 15.3 Å². The summed E-state index contributed by atoms with van der Waals surface area (Å²) >= 11 is 0. The van der Waals surface area contributed by atoms with Gasteiger partial charge in [0.2, 0.25) is 0 Å². The molecule has 0 atom stereocenters. The van der Waals surface area contributed by atoms with Crippen molar-refractivity contribution in [2.75, 3.05) is 75.8 Å². The van der Waals surface area contributed by atoms with Crippen molar-refractivity contribution in [3.05, 3.63) is 92.5 Å². The molecule has 0 heterocycles. The van der Waals surface area contributed by atoms with Crippen molar-refractivity contribution in [1.29, 1.82) is 0 Å². The second-order valence-electron chi connectivity index (χ2n) is 9.36. The van der Waals surface area contributed by atoms with Gasteiger partial charge >= 0.3 is 65.9 Å². The maximum absolute atomic E-state index is 12.4. The van der Waals surface area contributed by atoms with Crippen molar-refractivity contribution < 1.29 is 117 Å². The number of ether oxygens (including phenoxy) is 2. The van der Waals surface area contributed by atoms with E-state index in [1.165, 1.54) is 14.2 Å². The predicted molar refractivity (Wildman–Crippen MR) is 177 cm³/mol. The molecule has 0 aromatic heterocycles. The van der Waals surface area contributed by atoms with Gasteiger partial charge in [0.05, 0.1) is 29.5 Å². The van der Waals surface area contributed by atoms with Crippen molar-refractivity contribution >= 4 is 0 Å². The first kappa shape index (κ1) is 63.1. The molecule has 0 fully saturated rings. The molecule has 2 aromatic carbocycles. The average molecular weight is 923 g/mol. The Morgan fingerprint density at radius 2 is 0.804 bits per heavy atom. The molecule has 5 N–H and O–H groups in total. The molecule has 0 saturated heterocycles. The Morgan fingerprint density at radius 1 is 0.588 bits per heavy atom. The zero-order chi connectivity index (χ0) is 38.6. The predicted octanol–water partition coefficient (Wildman–Crippen LogP) is -0.461. The van der Waals surface area contributed by atoms with E-state index in [0.29, 0.717) is 24.6 Å². The number of likely N-dealkylation sites (N-methyl/N-ethyl adjacent to an activating group) is 3. The molecule has 22 nitrogen and oxygen atoms in total. The van der Waals surface area contributed by atoms with Crippen LogP contribution in [-0.4, -0.2) is 116 Å². The van der Waals surface area contributed by atoms with E-state index in [4.69, 9.17) is 65.7 Å². The van der Waals surface area contributed by atoms with Crippen LogP contribution in [0.1, 0.15) is 22.3 Å². The van der Waals surface area contributed by atoms with Crippen LogP contribution in [0.2, 0.25) is 0 Å². The quantitative estimate of drug-likeness (QED) is 0.118. The molecule has 0 radical (unpaired) electrons. The number of aliphatic hydroxyl groups is 2. The number of hydrogen-bond acceptors (Lipinski definition) is 18. The summed E-state index contributed by atoms with van der Waals surface area (Å²) in [6.07, 6.45) is 0. The summed E-state index contributed by atoms with van der Waals surface area (Å²) in [6.45, 7) is 8.57. The summed E-state index contributed by atoms with van der Waals surface area (Å²) < 4.78 is 10.4. The van der Waals surface area contributed by atoms with E-state index in [9.17, 15) is 10.2 Å². The minimum atomic E-state index is -1.75. The number of methoxy groups -OCH3 is 2. The zero-order valence-corrected chi connectivity index (χ0v) is 33.1. The monoisotopic (exact) mass is 923 g/mol. The largest absolute Gasteiger partial charge is 3.00 e. The molecule has 24 heteroatoms. The maximum atomic E-state index is 12.4. The number of rotatable bonds is 12. The van der Waals surface area contributed by atoms with Gasteiger partial charge in [0.1, 0.15) is 11.5 Å². The third-order valence-electron chi connectivity index (χ3n) is 5.60. The summed E-state index contributed by atoms with van der Waals surface area (Å²) in [4.78, 5) is 31.3. The fourth-order valence-corrected chi connectivity index (χ4v) is 3.70. The van der Waals surface area contributed by atoms with Crippen molar-refractivity contribution in [3.63, 3.8) is 0 Å². The summed E-state index contributed by atoms with van der Waals surface area (Å²) in [5.74, 6) is 0.734. The first-order chi connectivity index (χ1) is 22.3. The van der Waals surface area contributed by atoms with E-state index in [-0.39, 0.29) is 82.8 Å². The molecule has 0 spiro atoms. The Kier molecular flexibility index (Phi) is 47.4. The Bertz CT molecular complexity index is 1090. The van der Waals surface area contributed by atoms with Crippen LogP contribution in [0, 0.1) is 109 Å². The molecular weight excluding hydrogens is 875 g/mol. The molecular formula is C27H48EuN6NiO16+.